The number of nitrogens with zero attached hydrogens (tertiary/aromatic N) is 3. The molecule has 1 aromatic heterocycles. The maximum atomic E-state index is 14.0. The van der Waals surface area contributed by atoms with E-state index in [0.29, 0.717) is 43.1 Å². The lowest BCUT2D eigenvalue weighted by atomic mass is 10.1. The lowest BCUT2D eigenvalue weighted by Crippen LogP contribution is -2.49. The fraction of sp³-hybridized carbons (Fsp3) is 0.273. The van der Waals surface area contributed by atoms with Crippen LogP contribution in [0.25, 0.3) is 10.9 Å². The lowest BCUT2D eigenvalue weighted by molar-refractivity contribution is 0.0745. The van der Waals surface area contributed by atoms with Gasteiger partial charge in [0.25, 0.3) is 5.91 Å². The molecular formula is C22H22FN3O2. The number of aryl methyl sites for hydroxylation is 1. The zero-order valence-corrected chi connectivity index (χ0v) is 16.0. The first kappa shape index (κ1) is 18.2. The van der Waals surface area contributed by atoms with Crippen LogP contribution in [0.3, 0.4) is 0 Å². The van der Waals surface area contributed by atoms with Gasteiger partial charge in [-0.05, 0) is 37.3 Å². The number of pyridine rings is 1. The summed E-state index contributed by atoms with van der Waals surface area (Å²) in [6.07, 6.45) is 0. The van der Waals surface area contributed by atoms with E-state index < -0.39 is 0 Å². The van der Waals surface area contributed by atoms with Crippen molar-refractivity contribution in [3.8, 4) is 5.75 Å². The number of halogens is 1. The fourth-order valence-corrected chi connectivity index (χ4v) is 3.62. The topological polar surface area (TPSA) is 45.7 Å². The number of methoxy groups -OCH3 is 1. The summed E-state index contributed by atoms with van der Waals surface area (Å²) in [5.41, 5.74) is 2.70. The van der Waals surface area contributed by atoms with Crippen molar-refractivity contribution in [2.45, 2.75) is 6.92 Å². The molecule has 2 aromatic carbocycles. The minimum atomic E-state index is -0.229. The normalized spacial score (nSPS) is 14.4. The van der Waals surface area contributed by atoms with Crippen molar-refractivity contribution in [2.75, 3.05) is 38.2 Å². The Bertz CT molecular complexity index is 1030. The second-order valence-electron chi connectivity index (χ2n) is 6.91. The van der Waals surface area contributed by atoms with Crippen LogP contribution in [-0.4, -0.2) is 49.1 Å². The van der Waals surface area contributed by atoms with Crippen LogP contribution in [0.5, 0.6) is 5.75 Å². The summed E-state index contributed by atoms with van der Waals surface area (Å²) in [7, 11) is 1.62. The molecule has 1 aliphatic heterocycles. The van der Waals surface area contributed by atoms with Crippen molar-refractivity contribution in [3.05, 3.63) is 65.6 Å². The van der Waals surface area contributed by atoms with Crippen molar-refractivity contribution in [2.24, 2.45) is 0 Å². The predicted molar refractivity (Wildman–Crippen MR) is 108 cm³/mol. The second kappa shape index (κ2) is 7.46. The molecule has 0 bridgehead atoms. The maximum Gasteiger partial charge on any atom is 0.255 e. The summed E-state index contributed by atoms with van der Waals surface area (Å²) in [5.74, 6) is 0.478. The Morgan fingerprint density at radius 3 is 2.54 bits per heavy atom. The van der Waals surface area contributed by atoms with E-state index in [9.17, 15) is 9.18 Å². The Morgan fingerprint density at radius 1 is 1.07 bits per heavy atom. The molecule has 1 fully saturated rings. The number of ether oxygens (including phenoxy) is 1. The number of carbonyl (C=O) groups is 1. The number of aromatic nitrogens is 1. The highest BCUT2D eigenvalue weighted by molar-refractivity contribution is 5.99. The van der Waals surface area contributed by atoms with E-state index in [4.69, 9.17) is 4.74 Å². The molecule has 4 rings (SSSR count). The number of rotatable bonds is 3. The molecule has 0 atom stereocenters. The number of anilines is 1. The van der Waals surface area contributed by atoms with Gasteiger partial charge in [0.05, 0.1) is 29.6 Å². The van der Waals surface area contributed by atoms with Crippen LogP contribution in [0.4, 0.5) is 10.1 Å². The maximum absolute atomic E-state index is 14.0. The standard InChI is InChI=1S/C22H22FN3O2/c1-15-18(13-16-7-8-17(28-2)14-20(16)24-15)22(27)26-11-9-25(10-12-26)21-6-4-3-5-19(21)23/h3-8,13-14H,9-12H2,1-2H3. The van der Waals surface area contributed by atoms with Gasteiger partial charge < -0.3 is 14.5 Å². The van der Waals surface area contributed by atoms with Crippen LogP contribution >= 0.6 is 0 Å². The number of piperazine rings is 1. The number of benzene rings is 2. The molecule has 5 nitrogen and oxygen atoms in total. The molecule has 1 aliphatic rings. The molecule has 0 N–H and O–H groups in total. The average molecular weight is 379 g/mol. The third kappa shape index (κ3) is 3.38. The highest BCUT2D eigenvalue weighted by Gasteiger charge is 2.25. The van der Waals surface area contributed by atoms with Gasteiger partial charge in [-0.3, -0.25) is 9.78 Å². The monoisotopic (exact) mass is 379 g/mol. The molecular weight excluding hydrogens is 357 g/mol. The highest BCUT2D eigenvalue weighted by Crippen LogP contribution is 2.24. The van der Waals surface area contributed by atoms with Crippen molar-refractivity contribution in [1.29, 1.82) is 0 Å². The first-order valence-electron chi connectivity index (χ1n) is 9.31. The Labute approximate surface area is 163 Å². The fourth-order valence-electron chi connectivity index (χ4n) is 3.62. The molecule has 0 unspecified atom stereocenters. The van der Waals surface area contributed by atoms with Gasteiger partial charge in [-0.2, -0.15) is 0 Å². The Hall–Kier alpha value is -3.15. The quantitative estimate of drug-likeness (QED) is 0.697. The van der Waals surface area contributed by atoms with Gasteiger partial charge in [0.2, 0.25) is 0 Å². The van der Waals surface area contributed by atoms with Crippen LogP contribution < -0.4 is 9.64 Å². The molecule has 1 saturated heterocycles. The Balaban J connectivity index is 1.52. The first-order chi connectivity index (χ1) is 13.6. The van der Waals surface area contributed by atoms with Crippen molar-refractivity contribution >= 4 is 22.5 Å². The van der Waals surface area contributed by atoms with E-state index >= 15 is 0 Å². The van der Waals surface area contributed by atoms with E-state index in [0.717, 1.165) is 16.7 Å². The van der Waals surface area contributed by atoms with Crippen LogP contribution in [0.1, 0.15) is 16.1 Å². The van der Waals surface area contributed by atoms with Gasteiger partial charge in [0.15, 0.2) is 0 Å². The van der Waals surface area contributed by atoms with Gasteiger partial charge >= 0.3 is 0 Å². The minimum absolute atomic E-state index is 0.0316. The van der Waals surface area contributed by atoms with Crippen LogP contribution in [0.15, 0.2) is 48.5 Å². The molecule has 1 amide bonds. The number of hydrogen-bond acceptors (Lipinski definition) is 4. The van der Waals surface area contributed by atoms with Gasteiger partial charge in [0.1, 0.15) is 11.6 Å². The molecule has 0 spiro atoms. The summed E-state index contributed by atoms with van der Waals surface area (Å²) in [6, 6.07) is 14.3. The Kier molecular flexibility index (Phi) is 4.86. The van der Waals surface area contributed by atoms with Gasteiger partial charge in [-0.1, -0.05) is 12.1 Å². The molecule has 2 heterocycles. The highest BCUT2D eigenvalue weighted by atomic mass is 19.1. The third-order valence-electron chi connectivity index (χ3n) is 5.21. The lowest BCUT2D eigenvalue weighted by Gasteiger charge is -2.36. The molecule has 0 aliphatic carbocycles. The minimum Gasteiger partial charge on any atom is -0.497 e. The largest absolute Gasteiger partial charge is 0.497 e. The molecule has 28 heavy (non-hydrogen) atoms. The summed E-state index contributed by atoms with van der Waals surface area (Å²) in [5, 5.41) is 0.903. The summed E-state index contributed by atoms with van der Waals surface area (Å²) < 4.78 is 19.3. The molecule has 6 heteroatoms. The van der Waals surface area contributed by atoms with E-state index in [1.54, 1.807) is 19.2 Å². The molecule has 0 radical (unpaired) electrons. The smallest absolute Gasteiger partial charge is 0.255 e. The van der Waals surface area contributed by atoms with Gasteiger partial charge in [0, 0.05) is 37.6 Å². The number of fused-ring (bicyclic) bond motifs is 1. The second-order valence-corrected chi connectivity index (χ2v) is 6.91. The zero-order chi connectivity index (χ0) is 19.7. The number of carbonyl (C=O) groups excluding carboxylic acids is 1. The molecule has 144 valence electrons. The number of para-hydroxylation sites is 1. The summed E-state index contributed by atoms with van der Waals surface area (Å²) in [6.45, 7) is 4.15. The van der Waals surface area contributed by atoms with E-state index in [2.05, 4.69) is 4.98 Å². The van der Waals surface area contributed by atoms with Crippen LogP contribution in [0, 0.1) is 12.7 Å². The Morgan fingerprint density at radius 2 is 1.82 bits per heavy atom. The summed E-state index contributed by atoms with van der Waals surface area (Å²) in [4.78, 5) is 21.5. The van der Waals surface area contributed by atoms with Crippen LogP contribution in [0.2, 0.25) is 0 Å². The number of amides is 1. The van der Waals surface area contributed by atoms with E-state index in [1.165, 1.54) is 6.07 Å². The zero-order valence-electron chi connectivity index (χ0n) is 16.0. The van der Waals surface area contributed by atoms with E-state index in [1.807, 2.05) is 47.1 Å². The van der Waals surface area contributed by atoms with Gasteiger partial charge in [-0.15, -0.1) is 0 Å². The first-order valence-corrected chi connectivity index (χ1v) is 9.31. The van der Waals surface area contributed by atoms with Crippen molar-refractivity contribution in [3.63, 3.8) is 0 Å². The van der Waals surface area contributed by atoms with Crippen molar-refractivity contribution < 1.29 is 13.9 Å². The predicted octanol–water partition coefficient (Wildman–Crippen LogP) is 3.65. The van der Waals surface area contributed by atoms with Gasteiger partial charge in [-0.25, -0.2) is 4.39 Å². The summed E-state index contributed by atoms with van der Waals surface area (Å²) >= 11 is 0. The number of hydrogen-bond donors (Lipinski definition) is 0. The molecule has 0 saturated carbocycles. The van der Waals surface area contributed by atoms with Crippen molar-refractivity contribution in [1.82, 2.24) is 9.88 Å². The van der Waals surface area contributed by atoms with E-state index in [-0.39, 0.29) is 11.7 Å². The third-order valence-corrected chi connectivity index (χ3v) is 5.21. The molecule has 3 aromatic rings. The van der Waals surface area contributed by atoms with Crippen LogP contribution in [-0.2, 0) is 0 Å². The average Bonchev–Trinajstić information content (AvgIpc) is 2.73. The SMILES string of the molecule is COc1ccc2cc(C(=O)N3CCN(c4ccccc4F)CC3)c(C)nc2c1.